The molecule has 2 nitrogen and oxygen atoms in total. The first kappa shape index (κ1) is 11.0. The first-order valence-electron chi connectivity index (χ1n) is 5.56. The Labute approximate surface area is 96.2 Å². The average Bonchev–Trinajstić information content (AvgIpc) is 2.35. The third kappa shape index (κ3) is 2.02. The molecule has 0 spiro atoms. The fraction of sp³-hybridized carbons (Fsp3) is 0.286. The molecular weight excluding hydrogens is 198 g/mol. The highest BCUT2D eigenvalue weighted by Crippen LogP contribution is 2.29. The molecule has 0 aliphatic heterocycles. The minimum Gasteiger partial charge on any atom is -0.496 e. The van der Waals surface area contributed by atoms with Crippen LogP contribution in [0.3, 0.4) is 0 Å². The molecule has 84 valence electrons. The van der Waals surface area contributed by atoms with E-state index in [9.17, 15) is 0 Å². The molecule has 0 aliphatic rings. The maximum absolute atomic E-state index is 5.53. The summed E-state index contributed by atoms with van der Waals surface area (Å²) >= 11 is 0. The minimum atomic E-state index is 0.967. The van der Waals surface area contributed by atoms with Crippen molar-refractivity contribution >= 4 is 10.8 Å². The fourth-order valence-electron chi connectivity index (χ4n) is 1.99. The van der Waals surface area contributed by atoms with E-state index in [1.54, 1.807) is 7.11 Å². The van der Waals surface area contributed by atoms with Crippen LogP contribution in [0.4, 0.5) is 0 Å². The molecule has 0 fully saturated rings. The maximum Gasteiger partial charge on any atom is 0.129 e. The van der Waals surface area contributed by atoms with Gasteiger partial charge in [-0.15, -0.1) is 0 Å². The van der Waals surface area contributed by atoms with Gasteiger partial charge in [-0.1, -0.05) is 36.4 Å². The van der Waals surface area contributed by atoms with Gasteiger partial charge in [-0.2, -0.15) is 0 Å². The third-order valence-electron chi connectivity index (χ3n) is 2.81. The highest BCUT2D eigenvalue weighted by molar-refractivity contribution is 5.89. The van der Waals surface area contributed by atoms with Crippen molar-refractivity contribution in [2.75, 3.05) is 20.7 Å². The molecule has 1 N–H and O–H groups in total. The van der Waals surface area contributed by atoms with Crippen LogP contribution in [0.25, 0.3) is 10.8 Å². The highest BCUT2D eigenvalue weighted by atomic mass is 16.5. The van der Waals surface area contributed by atoms with Crippen molar-refractivity contribution in [1.29, 1.82) is 0 Å². The fourth-order valence-corrected chi connectivity index (χ4v) is 1.99. The second-order valence-corrected chi connectivity index (χ2v) is 3.83. The van der Waals surface area contributed by atoms with Crippen molar-refractivity contribution in [3.05, 3.63) is 42.0 Å². The van der Waals surface area contributed by atoms with Gasteiger partial charge >= 0.3 is 0 Å². The topological polar surface area (TPSA) is 21.3 Å². The summed E-state index contributed by atoms with van der Waals surface area (Å²) in [6.07, 6.45) is 0.991. The Hall–Kier alpha value is -1.54. The molecule has 2 heteroatoms. The molecule has 0 unspecified atom stereocenters. The van der Waals surface area contributed by atoms with Crippen LogP contribution in [0, 0.1) is 0 Å². The molecule has 0 aromatic heterocycles. The van der Waals surface area contributed by atoms with Crippen LogP contribution in [0.15, 0.2) is 36.4 Å². The maximum atomic E-state index is 5.53. The van der Waals surface area contributed by atoms with Crippen LogP contribution in [0.2, 0.25) is 0 Å². The summed E-state index contributed by atoms with van der Waals surface area (Å²) in [5, 5.41) is 5.58. The summed E-state index contributed by atoms with van der Waals surface area (Å²) in [7, 11) is 3.71. The lowest BCUT2D eigenvalue weighted by molar-refractivity contribution is 0.414. The summed E-state index contributed by atoms with van der Waals surface area (Å²) < 4.78 is 5.53. The second kappa shape index (κ2) is 4.99. The monoisotopic (exact) mass is 215 g/mol. The van der Waals surface area contributed by atoms with Crippen molar-refractivity contribution in [1.82, 2.24) is 5.32 Å². The van der Waals surface area contributed by atoms with E-state index in [4.69, 9.17) is 4.74 Å². The van der Waals surface area contributed by atoms with Crippen LogP contribution >= 0.6 is 0 Å². The molecule has 0 saturated carbocycles. The number of hydrogen-bond acceptors (Lipinski definition) is 2. The molecule has 2 rings (SSSR count). The molecule has 2 aromatic rings. The van der Waals surface area contributed by atoms with Crippen molar-refractivity contribution in [2.24, 2.45) is 0 Å². The second-order valence-electron chi connectivity index (χ2n) is 3.83. The van der Waals surface area contributed by atoms with Crippen LogP contribution < -0.4 is 10.1 Å². The van der Waals surface area contributed by atoms with Gasteiger partial charge in [0, 0.05) is 5.39 Å². The van der Waals surface area contributed by atoms with Crippen LogP contribution in [-0.2, 0) is 6.42 Å². The van der Waals surface area contributed by atoms with Gasteiger partial charge in [0.25, 0.3) is 0 Å². The Morgan fingerprint density at radius 1 is 1.12 bits per heavy atom. The molecule has 0 radical (unpaired) electrons. The number of fused-ring (bicyclic) bond motifs is 1. The third-order valence-corrected chi connectivity index (χ3v) is 2.81. The number of hydrogen-bond donors (Lipinski definition) is 1. The SMILES string of the molecule is CNCCc1ccc2ccccc2c1OC. The predicted octanol–water partition coefficient (Wildman–Crippen LogP) is 2.61. The first-order chi connectivity index (χ1) is 7.86. The zero-order chi connectivity index (χ0) is 11.4. The lowest BCUT2D eigenvalue weighted by Gasteiger charge is -2.11. The first-order valence-corrected chi connectivity index (χ1v) is 5.56. The largest absolute Gasteiger partial charge is 0.496 e. The Kier molecular flexibility index (Phi) is 3.42. The van der Waals surface area contributed by atoms with Gasteiger partial charge in [0.05, 0.1) is 7.11 Å². The normalized spacial score (nSPS) is 10.6. The van der Waals surface area contributed by atoms with E-state index in [0.717, 1.165) is 18.7 Å². The predicted molar refractivity (Wildman–Crippen MR) is 68.1 cm³/mol. The average molecular weight is 215 g/mol. The summed E-state index contributed by atoms with van der Waals surface area (Å²) in [5.41, 5.74) is 1.26. The molecule has 0 saturated heterocycles. The number of rotatable bonds is 4. The number of benzene rings is 2. The van der Waals surface area contributed by atoms with Crippen LogP contribution in [0.1, 0.15) is 5.56 Å². The van der Waals surface area contributed by atoms with Crippen LogP contribution in [-0.4, -0.2) is 20.7 Å². The van der Waals surface area contributed by atoms with Gasteiger partial charge in [-0.25, -0.2) is 0 Å². The Morgan fingerprint density at radius 3 is 2.69 bits per heavy atom. The van der Waals surface area contributed by atoms with Gasteiger partial charge in [-0.05, 0) is 31.0 Å². The molecule has 0 bridgehead atoms. The summed E-state index contributed by atoms with van der Waals surface area (Å²) in [6.45, 7) is 0.967. The zero-order valence-electron chi connectivity index (χ0n) is 9.79. The molecule has 0 amide bonds. The lowest BCUT2D eigenvalue weighted by Crippen LogP contribution is -2.10. The number of nitrogens with one attached hydrogen (secondary N) is 1. The quantitative estimate of drug-likeness (QED) is 0.846. The van der Waals surface area contributed by atoms with Crippen molar-refractivity contribution < 1.29 is 4.74 Å². The van der Waals surface area contributed by atoms with Gasteiger partial charge in [-0.3, -0.25) is 0 Å². The summed E-state index contributed by atoms with van der Waals surface area (Å²) in [4.78, 5) is 0. The standard InChI is InChI=1S/C14H17NO/c1-15-10-9-12-8-7-11-5-3-4-6-13(11)14(12)16-2/h3-8,15H,9-10H2,1-2H3. The van der Waals surface area contributed by atoms with Crippen molar-refractivity contribution in [3.63, 3.8) is 0 Å². The lowest BCUT2D eigenvalue weighted by atomic mass is 10.0. The van der Waals surface area contributed by atoms with E-state index in [1.165, 1.54) is 16.3 Å². The van der Waals surface area contributed by atoms with E-state index >= 15 is 0 Å². The number of ether oxygens (including phenoxy) is 1. The molecule has 2 aromatic carbocycles. The van der Waals surface area contributed by atoms with E-state index in [-0.39, 0.29) is 0 Å². The Bertz CT molecular complexity index is 479. The van der Waals surface area contributed by atoms with E-state index < -0.39 is 0 Å². The summed E-state index contributed by atoms with van der Waals surface area (Å²) in [6, 6.07) is 12.6. The van der Waals surface area contributed by atoms with E-state index in [1.807, 2.05) is 13.1 Å². The Balaban J connectivity index is 2.50. The summed E-state index contributed by atoms with van der Waals surface area (Å²) in [5.74, 6) is 1.01. The van der Waals surface area contributed by atoms with Gasteiger partial charge in [0.2, 0.25) is 0 Å². The molecular formula is C14H17NO. The van der Waals surface area contributed by atoms with Gasteiger partial charge in [0.15, 0.2) is 0 Å². The smallest absolute Gasteiger partial charge is 0.129 e. The highest BCUT2D eigenvalue weighted by Gasteiger charge is 2.06. The number of likely N-dealkylation sites (N-methyl/N-ethyl adjacent to an activating group) is 1. The molecule has 0 heterocycles. The Morgan fingerprint density at radius 2 is 1.94 bits per heavy atom. The van der Waals surface area contributed by atoms with E-state index in [2.05, 4.69) is 35.6 Å². The molecule has 0 atom stereocenters. The van der Waals surface area contributed by atoms with E-state index in [0.29, 0.717) is 0 Å². The zero-order valence-corrected chi connectivity index (χ0v) is 9.79. The minimum absolute atomic E-state index is 0.967. The molecule has 16 heavy (non-hydrogen) atoms. The number of methoxy groups -OCH3 is 1. The van der Waals surface area contributed by atoms with Crippen molar-refractivity contribution in [2.45, 2.75) is 6.42 Å². The van der Waals surface area contributed by atoms with Gasteiger partial charge in [0.1, 0.15) is 5.75 Å². The van der Waals surface area contributed by atoms with Crippen molar-refractivity contribution in [3.8, 4) is 5.75 Å². The molecule has 0 aliphatic carbocycles. The van der Waals surface area contributed by atoms with Crippen LogP contribution in [0.5, 0.6) is 5.75 Å². The van der Waals surface area contributed by atoms with Gasteiger partial charge < -0.3 is 10.1 Å².